The van der Waals surface area contributed by atoms with E-state index in [2.05, 4.69) is 34.6 Å². The number of aromatic nitrogens is 1. The highest BCUT2D eigenvalue weighted by Crippen LogP contribution is 2.29. The van der Waals surface area contributed by atoms with Crippen molar-refractivity contribution in [3.63, 3.8) is 0 Å². The van der Waals surface area contributed by atoms with Crippen LogP contribution in [0.5, 0.6) is 0 Å². The molecule has 0 saturated heterocycles. The summed E-state index contributed by atoms with van der Waals surface area (Å²) < 4.78 is 1.83. The summed E-state index contributed by atoms with van der Waals surface area (Å²) in [4.78, 5) is 17.6. The molecule has 5 heteroatoms. The van der Waals surface area contributed by atoms with Gasteiger partial charge in [-0.1, -0.05) is 30.3 Å². The largest absolute Gasteiger partial charge is 0.278 e. The normalized spacial score (nSPS) is 15.2. The van der Waals surface area contributed by atoms with Crippen molar-refractivity contribution < 1.29 is 4.79 Å². The fourth-order valence-electron chi connectivity index (χ4n) is 2.16. The van der Waals surface area contributed by atoms with Gasteiger partial charge in [-0.25, -0.2) is 4.98 Å². The van der Waals surface area contributed by atoms with Gasteiger partial charge in [0.25, 0.3) is 0 Å². The molecule has 2 heterocycles. The molecule has 0 saturated carbocycles. The second-order valence-corrected chi connectivity index (χ2v) is 7.32. The molecule has 0 N–H and O–H groups in total. The van der Waals surface area contributed by atoms with Crippen molar-refractivity contribution >= 4 is 29.2 Å². The average molecular weight is 316 g/mol. The molecule has 1 aliphatic heterocycles. The van der Waals surface area contributed by atoms with Gasteiger partial charge in [0.05, 0.1) is 17.2 Å². The van der Waals surface area contributed by atoms with Crippen LogP contribution < -0.4 is 0 Å². The maximum atomic E-state index is 11.9. The van der Waals surface area contributed by atoms with Gasteiger partial charge in [-0.15, -0.1) is 11.3 Å². The molecule has 1 aromatic heterocycles. The summed E-state index contributed by atoms with van der Waals surface area (Å²) in [6, 6.07) is 8.30. The van der Waals surface area contributed by atoms with Gasteiger partial charge in [0.1, 0.15) is 0 Å². The number of thiazole rings is 1. The highest BCUT2D eigenvalue weighted by Gasteiger charge is 2.18. The number of allylic oxidation sites excluding steroid dienone is 1. The van der Waals surface area contributed by atoms with Crippen molar-refractivity contribution in [3.05, 3.63) is 51.2 Å². The van der Waals surface area contributed by atoms with Crippen molar-refractivity contribution in [1.82, 2.24) is 9.29 Å². The molecule has 3 rings (SSSR count). The van der Waals surface area contributed by atoms with Crippen LogP contribution in [0.4, 0.5) is 0 Å². The number of benzene rings is 1. The zero-order chi connectivity index (χ0) is 14.8. The monoisotopic (exact) mass is 316 g/mol. The maximum absolute atomic E-state index is 11.9. The number of amides is 1. The Morgan fingerprint density at radius 3 is 2.67 bits per heavy atom. The zero-order valence-corrected chi connectivity index (χ0v) is 13.6. The first kappa shape index (κ1) is 14.4. The predicted molar refractivity (Wildman–Crippen MR) is 88.8 cm³/mol. The number of hydrogen-bond donors (Lipinski definition) is 0. The molecular formula is C16H16N2OS2. The van der Waals surface area contributed by atoms with Crippen LogP contribution in [0.2, 0.25) is 0 Å². The van der Waals surface area contributed by atoms with Gasteiger partial charge in [0.2, 0.25) is 5.91 Å². The maximum Gasteiger partial charge on any atom is 0.236 e. The SMILES string of the molecule is CC1=CCC(=O)N(Cc2ccc(-c3csc(C)n3)cc2)S1. The van der Waals surface area contributed by atoms with Crippen molar-refractivity contribution in [2.75, 3.05) is 0 Å². The lowest BCUT2D eigenvalue weighted by Gasteiger charge is -2.24. The summed E-state index contributed by atoms with van der Waals surface area (Å²) in [5.41, 5.74) is 3.28. The molecule has 1 aromatic carbocycles. The van der Waals surface area contributed by atoms with Crippen molar-refractivity contribution in [1.29, 1.82) is 0 Å². The summed E-state index contributed by atoms with van der Waals surface area (Å²) in [6.07, 6.45) is 2.49. The van der Waals surface area contributed by atoms with Crippen LogP contribution in [-0.4, -0.2) is 15.2 Å². The lowest BCUT2D eigenvalue weighted by atomic mass is 10.1. The van der Waals surface area contributed by atoms with Crippen LogP contribution in [0.25, 0.3) is 11.3 Å². The zero-order valence-electron chi connectivity index (χ0n) is 12.0. The fraction of sp³-hybridized carbons (Fsp3) is 0.250. The first-order valence-corrected chi connectivity index (χ1v) is 8.43. The molecule has 1 amide bonds. The minimum atomic E-state index is 0.171. The van der Waals surface area contributed by atoms with E-state index < -0.39 is 0 Å². The first-order valence-electron chi connectivity index (χ1n) is 6.78. The predicted octanol–water partition coefficient (Wildman–Crippen LogP) is 4.40. The van der Waals surface area contributed by atoms with Gasteiger partial charge in [-0.2, -0.15) is 0 Å². The Balaban J connectivity index is 1.73. The number of nitrogens with zero attached hydrogens (tertiary/aromatic N) is 2. The molecule has 0 radical (unpaired) electrons. The van der Waals surface area contributed by atoms with E-state index in [1.807, 2.05) is 24.2 Å². The van der Waals surface area contributed by atoms with Gasteiger partial charge in [0, 0.05) is 17.4 Å². The smallest absolute Gasteiger partial charge is 0.236 e. The number of hydrogen-bond acceptors (Lipinski definition) is 4. The van der Waals surface area contributed by atoms with Gasteiger partial charge < -0.3 is 0 Å². The minimum absolute atomic E-state index is 0.171. The van der Waals surface area contributed by atoms with Crippen LogP contribution in [0, 0.1) is 6.92 Å². The highest BCUT2D eigenvalue weighted by molar-refractivity contribution is 8.01. The van der Waals surface area contributed by atoms with Crippen molar-refractivity contribution in [2.45, 2.75) is 26.8 Å². The third kappa shape index (κ3) is 3.36. The molecule has 21 heavy (non-hydrogen) atoms. The summed E-state index contributed by atoms with van der Waals surface area (Å²) in [6.45, 7) is 4.69. The summed E-state index contributed by atoms with van der Waals surface area (Å²) >= 11 is 3.19. The quantitative estimate of drug-likeness (QED) is 0.787. The van der Waals surface area contributed by atoms with Gasteiger partial charge in [-0.05, 0) is 36.3 Å². The van der Waals surface area contributed by atoms with Crippen LogP contribution in [0.15, 0.2) is 40.6 Å². The molecular weight excluding hydrogens is 300 g/mol. The number of carbonyl (C=O) groups excluding carboxylic acids is 1. The molecule has 0 spiro atoms. The van der Waals surface area contributed by atoms with E-state index in [0.29, 0.717) is 13.0 Å². The topological polar surface area (TPSA) is 33.2 Å². The number of rotatable bonds is 3. The van der Waals surface area contributed by atoms with Gasteiger partial charge >= 0.3 is 0 Å². The molecule has 108 valence electrons. The first-order chi connectivity index (χ1) is 10.1. The number of carbonyl (C=O) groups is 1. The van der Waals surface area contributed by atoms with E-state index in [-0.39, 0.29) is 5.91 Å². The van der Waals surface area contributed by atoms with Crippen LogP contribution in [-0.2, 0) is 11.3 Å². The van der Waals surface area contributed by atoms with Crippen molar-refractivity contribution in [3.8, 4) is 11.3 Å². The van der Waals surface area contributed by atoms with E-state index in [4.69, 9.17) is 0 Å². The van der Waals surface area contributed by atoms with Crippen LogP contribution in [0.3, 0.4) is 0 Å². The third-order valence-corrected chi connectivity index (χ3v) is 5.07. The van der Waals surface area contributed by atoms with E-state index in [9.17, 15) is 4.79 Å². The lowest BCUT2D eigenvalue weighted by Crippen LogP contribution is -2.25. The average Bonchev–Trinajstić information content (AvgIpc) is 2.90. The standard InChI is InChI=1S/C16H16N2OS2/c1-11-3-8-16(19)18(21-11)9-13-4-6-14(7-5-13)15-10-20-12(2)17-15/h3-7,10H,8-9H2,1-2H3. The Labute approximate surface area is 132 Å². The van der Waals surface area contributed by atoms with E-state index in [1.165, 1.54) is 16.9 Å². The summed E-state index contributed by atoms with van der Waals surface area (Å²) in [5.74, 6) is 0.171. The molecule has 2 aromatic rings. The molecule has 0 bridgehead atoms. The van der Waals surface area contributed by atoms with Crippen LogP contribution in [0.1, 0.15) is 23.9 Å². The molecule has 0 fully saturated rings. The Hall–Kier alpha value is -1.59. The molecule has 0 atom stereocenters. The summed E-state index contributed by atoms with van der Waals surface area (Å²) in [7, 11) is 0. The molecule has 0 unspecified atom stereocenters. The molecule has 1 aliphatic rings. The second kappa shape index (κ2) is 6.03. The fourth-order valence-corrected chi connectivity index (χ4v) is 3.68. The van der Waals surface area contributed by atoms with E-state index in [1.54, 1.807) is 11.3 Å². The Bertz CT molecular complexity index is 689. The Kier molecular flexibility index (Phi) is 4.12. The van der Waals surface area contributed by atoms with Gasteiger partial charge in [0.15, 0.2) is 0 Å². The Morgan fingerprint density at radius 1 is 1.24 bits per heavy atom. The summed E-state index contributed by atoms with van der Waals surface area (Å²) in [5, 5.41) is 3.15. The minimum Gasteiger partial charge on any atom is -0.278 e. The van der Waals surface area contributed by atoms with Crippen LogP contribution >= 0.6 is 23.3 Å². The van der Waals surface area contributed by atoms with E-state index in [0.717, 1.165) is 21.8 Å². The lowest BCUT2D eigenvalue weighted by molar-refractivity contribution is -0.125. The third-order valence-electron chi connectivity index (χ3n) is 3.29. The van der Waals surface area contributed by atoms with E-state index >= 15 is 0 Å². The number of aryl methyl sites for hydroxylation is 1. The molecule has 3 nitrogen and oxygen atoms in total. The Morgan fingerprint density at radius 2 is 2.00 bits per heavy atom. The second-order valence-electron chi connectivity index (χ2n) is 4.99. The van der Waals surface area contributed by atoms with Gasteiger partial charge in [-0.3, -0.25) is 9.10 Å². The molecule has 0 aliphatic carbocycles. The van der Waals surface area contributed by atoms with Crippen molar-refractivity contribution in [2.24, 2.45) is 0 Å². The highest BCUT2D eigenvalue weighted by atomic mass is 32.2.